The third kappa shape index (κ3) is 6.94. The molecule has 0 saturated heterocycles. The number of rotatable bonds is 7. The van der Waals surface area contributed by atoms with Crippen LogP contribution in [0.3, 0.4) is 0 Å². The average molecular weight is 475 g/mol. The molecule has 0 aliphatic heterocycles. The highest BCUT2D eigenvalue weighted by Crippen LogP contribution is 2.32. The van der Waals surface area contributed by atoms with Gasteiger partial charge in [-0.15, -0.1) is 0 Å². The van der Waals surface area contributed by atoms with E-state index in [1.807, 2.05) is 7.05 Å². The summed E-state index contributed by atoms with van der Waals surface area (Å²) in [5.74, 6) is -0.287. The van der Waals surface area contributed by atoms with Crippen LogP contribution in [0, 0.1) is 5.92 Å². The first kappa shape index (κ1) is 25.0. The molecule has 1 aromatic rings. The van der Waals surface area contributed by atoms with Gasteiger partial charge in [0, 0.05) is 12.1 Å². The molecule has 0 aromatic heterocycles. The van der Waals surface area contributed by atoms with Gasteiger partial charge in [-0.1, -0.05) is 25.3 Å². The van der Waals surface area contributed by atoms with Crippen molar-refractivity contribution in [1.82, 2.24) is 10.2 Å². The number of carbonyl (C=O) groups excluding carboxylic acids is 1. The molecule has 0 heterocycles. The zero-order valence-corrected chi connectivity index (χ0v) is 19.4. The molecule has 0 bridgehead atoms. The van der Waals surface area contributed by atoms with Crippen molar-refractivity contribution < 1.29 is 26.4 Å². The Labute approximate surface area is 188 Å². The molecule has 0 unspecified atom stereocenters. The first-order valence-corrected chi connectivity index (χ1v) is 13.1. The van der Waals surface area contributed by atoms with E-state index in [2.05, 4.69) is 10.2 Å². The van der Waals surface area contributed by atoms with Gasteiger partial charge in [0.25, 0.3) is 0 Å². The topological polar surface area (TPSA) is 66.5 Å². The second-order valence-corrected chi connectivity index (χ2v) is 11.3. The molecule has 32 heavy (non-hydrogen) atoms. The van der Waals surface area contributed by atoms with E-state index in [0.29, 0.717) is 44.3 Å². The normalized spacial score (nSPS) is 23.3. The summed E-state index contributed by atoms with van der Waals surface area (Å²) in [7, 11) is -1.81. The lowest BCUT2D eigenvalue weighted by Crippen LogP contribution is -2.45. The van der Waals surface area contributed by atoms with Crippen molar-refractivity contribution in [2.24, 2.45) is 5.92 Å². The van der Waals surface area contributed by atoms with Crippen molar-refractivity contribution in [3.8, 4) is 0 Å². The van der Waals surface area contributed by atoms with Crippen LogP contribution in [-0.2, 0) is 20.8 Å². The SMILES string of the molecule is CN(CC(=O)N[C@H]1CC[C@H](CS(=O)(=O)c2cccc(C(F)(F)F)c2)CC1)C1CCCCC1. The van der Waals surface area contributed by atoms with Gasteiger partial charge in [-0.2, -0.15) is 13.2 Å². The number of amides is 1. The van der Waals surface area contributed by atoms with Gasteiger partial charge in [0.05, 0.1) is 22.8 Å². The number of likely N-dealkylation sites (N-methyl/N-ethyl adjacent to an activating group) is 1. The molecule has 1 amide bonds. The summed E-state index contributed by atoms with van der Waals surface area (Å²) in [6.07, 6.45) is 4.00. The van der Waals surface area contributed by atoms with E-state index in [0.717, 1.165) is 25.0 Å². The summed E-state index contributed by atoms with van der Waals surface area (Å²) in [4.78, 5) is 14.3. The lowest BCUT2D eigenvalue weighted by atomic mass is 9.87. The molecular weight excluding hydrogens is 441 g/mol. The van der Waals surface area contributed by atoms with Crippen LogP contribution in [0.15, 0.2) is 29.2 Å². The summed E-state index contributed by atoms with van der Waals surface area (Å²) in [6, 6.07) is 4.43. The molecule has 0 spiro atoms. The Morgan fingerprint density at radius 3 is 2.34 bits per heavy atom. The molecule has 2 fully saturated rings. The van der Waals surface area contributed by atoms with Crippen LogP contribution in [0.1, 0.15) is 63.4 Å². The number of sulfone groups is 1. The summed E-state index contributed by atoms with van der Waals surface area (Å²) >= 11 is 0. The van der Waals surface area contributed by atoms with Gasteiger partial charge in [-0.05, 0) is 69.7 Å². The zero-order chi connectivity index (χ0) is 23.4. The summed E-state index contributed by atoms with van der Waals surface area (Å²) in [5.41, 5.74) is -0.955. The highest BCUT2D eigenvalue weighted by molar-refractivity contribution is 7.91. The van der Waals surface area contributed by atoms with Crippen LogP contribution in [0.5, 0.6) is 0 Å². The Balaban J connectivity index is 1.46. The van der Waals surface area contributed by atoms with E-state index in [-0.39, 0.29) is 28.5 Å². The molecule has 1 N–H and O–H groups in total. The third-order valence-corrected chi connectivity index (χ3v) is 8.66. The maximum atomic E-state index is 12.9. The van der Waals surface area contributed by atoms with Gasteiger partial charge in [-0.25, -0.2) is 8.42 Å². The van der Waals surface area contributed by atoms with Gasteiger partial charge in [0.2, 0.25) is 5.91 Å². The first-order valence-electron chi connectivity index (χ1n) is 11.4. The van der Waals surface area contributed by atoms with Crippen LogP contribution in [0.2, 0.25) is 0 Å². The minimum atomic E-state index is -4.58. The molecule has 5 nitrogen and oxygen atoms in total. The number of nitrogens with zero attached hydrogens (tertiary/aromatic N) is 1. The fourth-order valence-corrected chi connectivity index (χ4v) is 6.64. The van der Waals surface area contributed by atoms with Gasteiger partial charge in [0.15, 0.2) is 9.84 Å². The van der Waals surface area contributed by atoms with Gasteiger partial charge in [-0.3, -0.25) is 9.69 Å². The number of hydrogen-bond acceptors (Lipinski definition) is 4. The van der Waals surface area contributed by atoms with Crippen LogP contribution >= 0.6 is 0 Å². The molecule has 1 aromatic carbocycles. The molecule has 2 aliphatic carbocycles. The minimum Gasteiger partial charge on any atom is -0.352 e. The second kappa shape index (κ2) is 10.5. The van der Waals surface area contributed by atoms with Crippen molar-refractivity contribution in [2.75, 3.05) is 19.3 Å². The number of nitrogens with one attached hydrogen (secondary N) is 1. The maximum Gasteiger partial charge on any atom is 0.416 e. The Morgan fingerprint density at radius 1 is 1.06 bits per heavy atom. The van der Waals surface area contributed by atoms with Gasteiger partial charge < -0.3 is 5.32 Å². The monoisotopic (exact) mass is 474 g/mol. The van der Waals surface area contributed by atoms with Crippen LogP contribution in [0.4, 0.5) is 13.2 Å². The van der Waals surface area contributed by atoms with Crippen LogP contribution < -0.4 is 5.32 Å². The standard InChI is InChI=1S/C23H33F3N2O3S/c1-28(20-7-3-2-4-8-20)15-22(29)27-19-12-10-17(11-13-19)16-32(30,31)21-9-5-6-18(14-21)23(24,25)26/h5-6,9,14,17,19-20H,2-4,7-8,10-13,15-16H2,1H3,(H,27,29)/t17-,19-. The van der Waals surface area contributed by atoms with Crippen LogP contribution in [0.25, 0.3) is 0 Å². The highest BCUT2D eigenvalue weighted by atomic mass is 32.2. The van der Waals surface area contributed by atoms with E-state index in [1.54, 1.807) is 0 Å². The summed E-state index contributed by atoms with van der Waals surface area (Å²) in [6.45, 7) is 0.370. The molecule has 180 valence electrons. The number of benzene rings is 1. The summed E-state index contributed by atoms with van der Waals surface area (Å²) < 4.78 is 64.1. The van der Waals surface area contributed by atoms with Crippen molar-refractivity contribution in [3.05, 3.63) is 29.8 Å². The lowest BCUT2D eigenvalue weighted by Gasteiger charge is -2.32. The fourth-order valence-electron chi connectivity index (χ4n) is 4.90. The molecule has 2 saturated carbocycles. The van der Waals surface area contributed by atoms with Gasteiger partial charge in [0.1, 0.15) is 0 Å². The average Bonchev–Trinajstić information content (AvgIpc) is 2.75. The molecule has 2 aliphatic rings. The number of carbonyl (C=O) groups is 1. The quantitative estimate of drug-likeness (QED) is 0.635. The largest absolute Gasteiger partial charge is 0.416 e. The number of halogens is 3. The number of alkyl halides is 3. The molecular formula is C23H33F3N2O3S. The van der Waals surface area contributed by atoms with Crippen molar-refractivity contribution in [1.29, 1.82) is 0 Å². The Bertz CT molecular complexity index is 875. The van der Waals surface area contributed by atoms with E-state index in [1.165, 1.54) is 25.3 Å². The van der Waals surface area contributed by atoms with E-state index < -0.39 is 21.6 Å². The van der Waals surface area contributed by atoms with Crippen molar-refractivity contribution >= 4 is 15.7 Å². The Hall–Kier alpha value is -1.61. The van der Waals surface area contributed by atoms with E-state index in [4.69, 9.17) is 0 Å². The van der Waals surface area contributed by atoms with Crippen molar-refractivity contribution in [3.63, 3.8) is 0 Å². The molecule has 9 heteroatoms. The third-order valence-electron chi connectivity index (χ3n) is 6.78. The van der Waals surface area contributed by atoms with Crippen LogP contribution in [-0.4, -0.2) is 50.7 Å². The predicted molar refractivity (Wildman–Crippen MR) is 117 cm³/mol. The second-order valence-electron chi connectivity index (χ2n) is 9.30. The fraction of sp³-hybridized carbons (Fsp3) is 0.696. The first-order chi connectivity index (χ1) is 15.0. The maximum absolute atomic E-state index is 12.9. The number of hydrogen-bond donors (Lipinski definition) is 1. The van der Waals surface area contributed by atoms with E-state index >= 15 is 0 Å². The highest BCUT2D eigenvalue weighted by Gasteiger charge is 2.33. The molecule has 0 atom stereocenters. The predicted octanol–water partition coefficient (Wildman–Crippen LogP) is 4.42. The van der Waals surface area contributed by atoms with E-state index in [9.17, 15) is 26.4 Å². The summed E-state index contributed by atoms with van der Waals surface area (Å²) in [5, 5.41) is 3.07. The Kier molecular flexibility index (Phi) is 8.25. The Morgan fingerprint density at radius 2 is 1.72 bits per heavy atom. The molecule has 3 rings (SSSR count). The smallest absolute Gasteiger partial charge is 0.352 e. The zero-order valence-electron chi connectivity index (χ0n) is 18.5. The van der Waals surface area contributed by atoms with Crippen molar-refractivity contribution in [2.45, 2.75) is 80.9 Å². The minimum absolute atomic E-state index is 0.00175. The molecule has 0 radical (unpaired) electrons. The lowest BCUT2D eigenvalue weighted by molar-refractivity contribution is -0.137. The van der Waals surface area contributed by atoms with Gasteiger partial charge >= 0.3 is 6.18 Å².